The van der Waals surface area contributed by atoms with Gasteiger partial charge in [-0.2, -0.15) is 0 Å². The Balaban J connectivity index is 2.22. The number of nitrogens with zero attached hydrogens (tertiary/aromatic N) is 2. The molecule has 2 N–H and O–H groups in total. The Hall–Kier alpha value is -0.610. The molecular formula is C10H20N3O+. The molecule has 2 bridgehead atoms. The van der Waals surface area contributed by atoms with Crippen LogP contribution in [0.4, 0.5) is 4.79 Å². The van der Waals surface area contributed by atoms with Crippen LogP contribution in [0.1, 0.15) is 13.3 Å². The Bertz CT molecular complexity index is 240. The van der Waals surface area contributed by atoms with Gasteiger partial charge in [-0.3, -0.25) is 4.90 Å². The van der Waals surface area contributed by atoms with E-state index in [0.717, 1.165) is 39.1 Å². The second kappa shape index (κ2) is 3.51. The van der Waals surface area contributed by atoms with Crippen molar-refractivity contribution in [1.82, 2.24) is 4.90 Å². The van der Waals surface area contributed by atoms with E-state index in [2.05, 4.69) is 6.92 Å². The zero-order valence-corrected chi connectivity index (χ0v) is 8.91. The third-order valence-corrected chi connectivity index (χ3v) is 3.58. The average molecular weight is 198 g/mol. The quantitative estimate of drug-likeness (QED) is 0.646. The van der Waals surface area contributed by atoms with Crippen molar-refractivity contribution >= 4 is 6.03 Å². The first-order valence-electron chi connectivity index (χ1n) is 5.53. The summed E-state index contributed by atoms with van der Waals surface area (Å²) in [5.74, 6) is 0.649. The first-order valence-corrected chi connectivity index (χ1v) is 5.53. The Morgan fingerprint density at radius 3 is 3.07 bits per heavy atom. The molecule has 80 valence electrons. The summed E-state index contributed by atoms with van der Waals surface area (Å²) in [5, 5.41) is 0. The zero-order valence-electron chi connectivity index (χ0n) is 8.91. The van der Waals surface area contributed by atoms with Crippen molar-refractivity contribution in [2.75, 3.05) is 39.3 Å². The van der Waals surface area contributed by atoms with Crippen molar-refractivity contribution in [2.45, 2.75) is 13.3 Å². The number of carbonyl (C=O) groups is 1. The highest BCUT2D eigenvalue weighted by atomic mass is 16.2. The van der Waals surface area contributed by atoms with Crippen molar-refractivity contribution in [3.8, 4) is 0 Å². The standard InChI is InChI=1S/C10H20N3O/c1-9-2-4-12-5-7-13(8-9,6-3-11)10(12)14/h9H,2-8,11H2,1H3/q+1. The van der Waals surface area contributed by atoms with E-state index >= 15 is 0 Å². The predicted molar refractivity (Wildman–Crippen MR) is 54.7 cm³/mol. The zero-order chi connectivity index (χ0) is 10.2. The van der Waals surface area contributed by atoms with Gasteiger partial charge in [-0.05, 0) is 6.42 Å². The van der Waals surface area contributed by atoms with Crippen LogP contribution in [0.3, 0.4) is 0 Å². The first kappa shape index (κ1) is 9.93. The molecule has 4 nitrogen and oxygen atoms in total. The highest BCUT2D eigenvalue weighted by molar-refractivity contribution is 5.69. The minimum absolute atomic E-state index is 0.319. The number of amides is 2. The van der Waals surface area contributed by atoms with Crippen molar-refractivity contribution in [3.05, 3.63) is 0 Å². The van der Waals surface area contributed by atoms with Crippen LogP contribution in [0.15, 0.2) is 0 Å². The first-order chi connectivity index (χ1) is 6.68. The lowest BCUT2D eigenvalue weighted by Crippen LogP contribution is -2.54. The largest absolute Gasteiger partial charge is 0.419 e. The summed E-state index contributed by atoms with van der Waals surface area (Å²) < 4.78 is 0.623. The van der Waals surface area contributed by atoms with Gasteiger partial charge < -0.3 is 5.73 Å². The SMILES string of the molecule is CC1CCN2CC[N+](CCN)(C1)C2=O. The van der Waals surface area contributed by atoms with Crippen LogP contribution in [0.5, 0.6) is 0 Å². The van der Waals surface area contributed by atoms with Crippen LogP contribution in [0, 0.1) is 5.92 Å². The summed E-state index contributed by atoms with van der Waals surface area (Å²) in [6, 6.07) is 0.319. The Kier molecular flexibility index (Phi) is 2.49. The van der Waals surface area contributed by atoms with Crippen LogP contribution in [0.25, 0.3) is 0 Å². The molecule has 2 rings (SSSR count). The Morgan fingerprint density at radius 2 is 2.36 bits per heavy atom. The van der Waals surface area contributed by atoms with E-state index in [-0.39, 0.29) is 0 Å². The molecule has 2 atom stereocenters. The van der Waals surface area contributed by atoms with Gasteiger partial charge in [-0.25, -0.2) is 9.28 Å². The molecule has 2 fully saturated rings. The molecule has 14 heavy (non-hydrogen) atoms. The van der Waals surface area contributed by atoms with Gasteiger partial charge in [-0.1, -0.05) is 6.92 Å². The Labute approximate surface area is 85.2 Å². The predicted octanol–water partition coefficient (Wildman–Crippen LogP) is 0.237. The summed E-state index contributed by atoms with van der Waals surface area (Å²) >= 11 is 0. The number of hydrogen-bond donors (Lipinski definition) is 1. The number of nitrogens with two attached hydrogens (primary N) is 1. The van der Waals surface area contributed by atoms with Crippen LogP contribution in [-0.4, -0.2) is 54.7 Å². The van der Waals surface area contributed by atoms with Crippen molar-refractivity contribution in [2.24, 2.45) is 11.7 Å². The lowest BCUT2D eigenvalue weighted by atomic mass is 10.1. The van der Waals surface area contributed by atoms with Gasteiger partial charge >= 0.3 is 6.03 Å². The van der Waals surface area contributed by atoms with Gasteiger partial charge in [0.15, 0.2) is 0 Å². The molecular weight excluding hydrogens is 178 g/mol. The topological polar surface area (TPSA) is 46.3 Å². The molecule has 0 aliphatic carbocycles. The molecule has 2 amide bonds. The molecule has 0 spiro atoms. The van der Waals surface area contributed by atoms with Gasteiger partial charge in [0.2, 0.25) is 0 Å². The van der Waals surface area contributed by atoms with E-state index in [0.29, 0.717) is 23.0 Å². The van der Waals surface area contributed by atoms with E-state index in [1.165, 1.54) is 0 Å². The molecule has 0 saturated carbocycles. The average Bonchev–Trinajstić information content (AvgIpc) is 2.35. The van der Waals surface area contributed by atoms with E-state index < -0.39 is 0 Å². The third-order valence-electron chi connectivity index (χ3n) is 3.58. The fraction of sp³-hybridized carbons (Fsp3) is 0.900. The number of urea groups is 1. The fourth-order valence-electron chi connectivity index (χ4n) is 2.79. The van der Waals surface area contributed by atoms with Crippen LogP contribution >= 0.6 is 0 Å². The number of quaternary nitrogens is 1. The van der Waals surface area contributed by atoms with Gasteiger partial charge in [0.1, 0.15) is 6.54 Å². The molecule has 0 radical (unpaired) electrons. The van der Waals surface area contributed by atoms with Gasteiger partial charge in [0.05, 0.1) is 19.6 Å². The number of fused-ring (bicyclic) bond motifs is 2. The molecule has 2 aliphatic heterocycles. The maximum atomic E-state index is 12.1. The summed E-state index contributed by atoms with van der Waals surface area (Å²) in [7, 11) is 0. The molecule has 2 unspecified atom stereocenters. The fourth-order valence-corrected chi connectivity index (χ4v) is 2.79. The van der Waals surface area contributed by atoms with Crippen LogP contribution in [-0.2, 0) is 0 Å². The molecule has 0 aromatic carbocycles. The second-order valence-corrected chi connectivity index (χ2v) is 4.73. The summed E-state index contributed by atoms with van der Waals surface area (Å²) in [5.41, 5.74) is 5.61. The van der Waals surface area contributed by atoms with Crippen LogP contribution < -0.4 is 5.73 Å². The van der Waals surface area contributed by atoms with E-state index in [9.17, 15) is 4.79 Å². The van der Waals surface area contributed by atoms with Crippen molar-refractivity contribution < 1.29 is 9.28 Å². The molecule has 2 saturated heterocycles. The van der Waals surface area contributed by atoms with E-state index in [1.807, 2.05) is 4.90 Å². The minimum Gasteiger partial charge on any atom is -0.326 e. The smallest absolute Gasteiger partial charge is 0.326 e. The Morgan fingerprint density at radius 1 is 1.57 bits per heavy atom. The molecule has 4 heteroatoms. The summed E-state index contributed by atoms with van der Waals surface area (Å²) in [6.45, 7) is 7.53. The molecule has 2 aliphatic rings. The third kappa shape index (κ3) is 1.42. The van der Waals surface area contributed by atoms with Gasteiger partial charge in [0.25, 0.3) is 0 Å². The second-order valence-electron chi connectivity index (χ2n) is 4.73. The maximum Gasteiger partial charge on any atom is 0.419 e. The number of carbonyl (C=O) groups excluding carboxylic acids is 1. The molecule has 2 heterocycles. The van der Waals surface area contributed by atoms with Crippen molar-refractivity contribution in [1.29, 1.82) is 0 Å². The number of rotatable bonds is 2. The lowest BCUT2D eigenvalue weighted by molar-refractivity contribution is -0.842. The highest BCUT2D eigenvalue weighted by Gasteiger charge is 2.48. The monoisotopic (exact) mass is 198 g/mol. The highest BCUT2D eigenvalue weighted by Crippen LogP contribution is 2.26. The minimum atomic E-state index is 0.319. The number of hydrogen-bond acceptors (Lipinski definition) is 2. The van der Waals surface area contributed by atoms with E-state index in [4.69, 9.17) is 5.73 Å². The molecule has 0 aromatic heterocycles. The summed E-state index contributed by atoms with van der Waals surface area (Å²) in [4.78, 5) is 14.1. The van der Waals surface area contributed by atoms with Crippen molar-refractivity contribution in [3.63, 3.8) is 0 Å². The van der Waals surface area contributed by atoms with Gasteiger partial charge in [-0.15, -0.1) is 0 Å². The van der Waals surface area contributed by atoms with Gasteiger partial charge in [0, 0.05) is 19.0 Å². The van der Waals surface area contributed by atoms with E-state index in [1.54, 1.807) is 0 Å². The summed E-state index contributed by atoms with van der Waals surface area (Å²) in [6.07, 6.45) is 1.15. The van der Waals surface area contributed by atoms with Crippen LogP contribution in [0.2, 0.25) is 0 Å². The lowest BCUT2D eigenvalue weighted by Gasteiger charge is -2.30. The maximum absolute atomic E-state index is 12.1. The molecule has 0 aromatic rings. The normalized spacial score (nSPS) is 37.4.